The van der Waals surface area contributed by atoms with E-state index in [9.17, 15) is 5.11 Å². The summed E-state index contributed by atoms with van der Waals surface area (Å²) in [4.78, 5) is 4.00. The molecule has 2 aromatic rings. The highest BCUT2D eigenvalue weighted by atomic mass is 16.3. The first kappa shape index (κ1) is 12.6. The van der Waals surface area contributed by atoms with Crippen molar-refractivity contribution in [2.45, 2.75) is 26.4 Å². The molecule has 0 aliphatic carbocycles. The van der Waals surface area contributed by atoms with Crippen LogP contribution in [0.3, 0.4) is 0 Å². The van der Waals surface area contributed by atoms with Crippen LogP contribution < -0.4 is 5.32 Å². The quantitative estimate of drug-likeness (QED) is 0.866. The lowest BCUT2D eigenvalue weighted by Crippen LogP contribution is -2.18. The van der Waals surface area contributed by atoms with Gasteiger partial charge in [0.05, 0.1) is 0 Å². The third kappa shape index (κ3) is 3.08. The fourth-order valence-corrected chi connectivity index (χ4v) is 1.89. The number of hydrogen-bond donors (Lipinski definition) is 2. The van der Waals surface area contributed by atoms with Crippen molar-refractivity contribution in [1.29, 1.82) is 0 Å². The maximum Gasteiger partial charge on any atom is 0.120 e. The molecule has 0 saturated carbocycles. The van der Waals surface area contributed by atoms with Crippen LogP contribution >= 0.6 is 0 Å². The van der Waals surface area contributed by atoms with Crippen molar-refractivity contribution in [1.82, 2.24) is 10.3 Å². The molecule has 1 aromatic heterocycles. The largest absolute Gasteiger partial charge is 0.508 e. The highest BCUT2D eigenvalue weighted by Gasteiger charge is 2.06. The van der Waals surface area contributed by atoms with E-state index < -0.39 is 0 Å². The molecule has 0 spiro atoms. The van der Waals surface area contributed by atoms with Crippen LogP contribution in [0.5, 0.6) is 5.75 Å². The minimum atomic E-state index is 0.230. The summed E-state index contributed by atoms with van der Waals surface area (Å²) in [5.41, 5.74) is 3.27. The van der Waals surface area contributed by atoms with Crippen molar-refractivity contribution in [3.8, 4) is 5.75 Å². The Morgan fingerprint density at radius 1 is 1.22 bits per heavy atom. The molecule has 3 nitrogen and oxygen atoms in total. The summed E-state index contributed by atoms with van der Waals surface area (Å²) in [7, 11) is 0. The van der Waals surface area contributed by atoms with Gasteiger partial charge in [0.1, 0.15) is 5.75 Å². The summed E-state index contributed by atoms with van der Waals surface area (Å²) in [6.45, 7) is 4.77. The van der Waals surface area contributed by atoms with Gasteiger partial charge in [-0.15, -0.1) is 0 Å². The van der Waals surface area contributed by atoms with Gasteiger partial charge in [-0.1, -0.05) is 17.7 Å². The van der Waals surface area contributed by atoms with Crippen LogP contribution in [-0.4, -0.2) is 10.1 Å². The van der Waals surface area contributed by atoms with Crippen molar-refractivity contribution >= 4 is 0 Å². The molecule has 0 saturated heterocycles. The minimum absolute atomic E-state index is 0.230. The Balaban J connectivity index is 2.01. The number of nitrogens with zero attached hydrogens (tertiary/aromatic N) is 1. The molecule has 2 rings (SSSR count). The summed E-state index contributed by atoms with van der Waals surface area (Å²) in [5, 5.41) is 13.2. The van der Waals surface area contributed by atoms with Crippen molar-refractivity contribution in [3.63, 3.8) is 0 Å². The van der Waals surface area contributed by atoms with Crippen molar-refractivity contribution in [2.75, 3.05) is 0 Å². The fourth-order valence-electron chi connectivity index (χ4n) is 1.89. The van der Waals surface area contributed by atoms with Crippen LogP contribution in [0.1, 0.15) is 29.7 Å². The minimum Gasteiger partial charge on any atom is -0.508 e. The molecule has 1 aromatic carbocycles. The molecule has 0 amide bonds. The van der Waals surface area contributed by atoms with Crippen LogP contribution in [0, 0.1) is 6.92 Å². The number of phenols is 1. The molecule has 0 bridgehead atoms. The molecule has 0 aliphatic heterocycles. The van der Waals surface area contributed by atoms with Crippen LogP contribution in [0.2, 0.25) is 0 Å². The molecule has 18 heavy (non-hydrogen) atoms. The smallest absolute Gasteiger partial charge is 0.120 e. The molecule has 3 heteroatoms. The number of aromatic hydroxyl groups is 1. The van der Waals surface area contributed by atoms with E-state index in [1.165, 1.54) is 5.56 Å². The first-order valence-corrected chi connectivity index (χ1v) is 6.08. The van der Waals surface area contributed by atoms with Crippen LogP contribution in [-0.2, 0) is 6.54 Å². The fraction of sp³-hybridized carbons (Fsp3) is 0.267. The molecular weight excluding hydrogens is 224 g/mol. The second-order valence-electron chi connectivity index (χ2n) is 4.52. The van der Waals surface area contributed by atoms with E-state index in [4.69, 9.17) is 0 Å². The normalized spacial score (nSPS) is 12.3. The summed E-state index contributed by atoms with van der Waals surface area (Å²) in [5.74, 6) is 0.343. The topological polar surface area (TPSA) is 45.1 Å². The summed E-state index contributed by atoms with van der Waals surface area (Å²) < 4.78 is 0. The highest BCUT2D eigenvalue weighted by molar-refractivity contribution is 5.35. The van der Waals surface area contributed by atoms with E-state index in [0.717, 1.165) is 11.1 Å². The Morgan fingerprint density at radius 3 is 2.67 bits per heavy atom. The van der Waals surface area contributed by atoms with E-state index in [1.807, 2.05) is 31.2 Å². The molecule has 94 valence electrons. The lowest BCUT2D eigenvalue weighted by molar-refractivity contribution is 0.460. The van der Waals surface area contributed by atoms with Crippen LogP contribution in [0.25, 0.3) is 0 Å². The van der Waals surface area contributed by atoms with E-state index in [0.29, 0.717) is 12.3 Å². The number of aromatic nitrogens is 1. The number of benzene rings is 1. The predicted molar refractivity (Wildman–Crippen MR) is 72.3 cm³/mol. The lowest BCUT2D eigenvalue weighted by atomic mass is 10.1. The Bertz CT molecular complexity index is 511. The molecule has 1 unspecified atom stereocenters. The Kier molecular flexibility index (Phi) is 3.95. The molecule has 0 radical (unpaired) electrons. The van der Waals surface area contributed by atoms with Gasteiger partial charge in [-0.25, -0.2) is 0 Å². The highest BCUT2D eigenvalue weighted by Crippen LogP contribution is 2.19. The van der Waals surface area contributed by atoms with Crippen molar-refractivity contribution < 1.29 is 5.11 Å². The van der Waals surface area contributed by atoms with Gasteiger partial charge in [-0.05, 0) is 37.6 Å². The number of phenolic OH excluding ortho intramolecular Hbond substituents is 1. The number of hydrogen-bond acceptors (Lipinski definition) is 3. The van der Waals surface area contributed by atoms with Crippen LogP contribution in [0.15, 0.2) is 42.7 Å². The maximum atomic E-state index is 9.77. The Morgan fingerprint density at radius 2 is 1.94 bits per heavy atom. The summed E-state index contributed by atoms with van der Waals surface area (Å²) in [6.07, 6.45) is 3.58. The standard InChI is InChI=1S/C15H18N2O/c1-11-3-4-15(18)14(9-11)10-17-12(2)13-5-7-16-8-6-13/h3-9,12,17-18H,10H2,1-2H3. The SMILES string of the molecule is Cc1ccc(O)c(CNC(C)c2ccncc2)c1. The zero-order chi connectivity index (χ0) is 13.0. The van der Waals surface area contributed by atoms with Gasteiger partial charge in [0.25, 0.3) is 0 Å². The molecule has 0 aliphatic rings. The monoisotopic (exact) mass is 242 g/mol. The summed E-state index contributed by atoms with van der Waals surface area (Å²) >= 11 is 0. The van der Waals surface area contributed by atoms with E-state index in [2.05, 4.69) is 17.2 Å². The van der Waals surface area contributed by atoms with E-state index in [-0.39, 0.29) is 6.04 Å². The van der Waals surface area contributed by atoms with E-state index >= 15 is 0 Å². The van der Waals surface area contributed by atoms with Crippen molar-refractivity contribution in [2.24, 2.45) is 0 Å². The van der Waals surface area contributed by atoms with Gasteiger partial charge in [-0.2, -0.15) is 0 Å². The van der Waals surface area contributed by atoms with Gasteiger partial charge >= 0.3 is 0 Å². The third-order valence-corrected chi connectivity index (χ3v) is 3.04. The zero-order valence-electron chi connectivity index (χ0n) is 10.7. The number of pyridine rings is 1. The molecule has 1 atom stereocenters. The van der Waals surface area contributed by atoms with Gasteiger partial charge in [0.2, 0.25) is 0 Å². The van der Waals surface area contributed by atoms with Crippen molar-refractivity contribution in [3.05, 3.63) is 59.4 Å². The van der Waals surface area contributed by atoms with Gasteiger partial charge in [-0.3, -0.25) is 4.98 Å². The third-order valence-electron chi connectivity index (χ3n) is 3.04. The van der Waals surface area contributed by atoms with E-state index in [1.54, 1.807) is 18.5 Å². The number of nitrogens with one attached hydrogen (secondary N) is 1. The molecular formula is C15H18N2O. The Labute approximate surface area is 108 Å². The average molecular weight is 242 g/mol. The number of aryl methyl sites for hydroxylation is 1. The maximum absolute atomic E-state index is 9.77. The predicted octanol–water partition coefficient (Wildman–Crippen LogP) is 2.95. The number of rotatable bonds is 4. The molecule has 0 fully saturated rings. The Hall–Kier alpha value is -1.87. The molecule has 2 N–H and O–H groups in total. The first-order chi connectivity index (χ1) is 8.66. The van der Waals surface area contributed by atoms with Gasteiger partial charge in [0, 0.05) is 30.5 Å². The van der Waals surface area contributed by atoms with Gasteiger partial charge < -0.3 is 10.4 Å². The van der Waals surface area contributed by atoms with Gasteiger partial charge in [0.15, 0.2) is 0 Å². The summed E-state index contributed by atoms with van der Waals surface area (Å²) in [6, 6.07) is 9.87. The average Bonchev–Trinajstić information content (AvgIpc) is 2.40. The second kappa shape index (κ2) is 5.65. The zero-order valence-corrected chi connectivity index (χ0v) is 10.7. The second-order valence-corrected chi connectivity index (χ2v) is 4.52. The molecule has 1 heterocycles. The first-order valence-electron chi connectivity index (χ1n) is 6.08. The van der Waals surface area contributed by atoms with Crippen LogP contribution in [0.4, 0.5) is 0 Å². The lowest BCUT2D eigenvalue weighted by Gasteiger charge is -2.15.